The second-order valence-corrected chi connectivity index (χ2v) is 8.17. The summed E-state index contributed by atoms with van der Waals surface area (Å²) in [4.78, 5) is 0. The quantitative estimate of drug-likeness (QED) is 0.221. The molecule has 0 saturated heterocycles. The summed E-state index contributed by atoms with van der Waals surface area (Å²) in [6.07, 6.45) is 0. The summed E-state index contributed by atoms with van der Waals surface area (Å²) in [6.45, 7) is 4.35. The van der Waals surface area contributed by atoms with Crippen LogP contribution in [0.1, 0.15) is 13.8 Å². The summed E-state index contributed by atoms with van der Waals surface area (Å²) in [5.74, 6) is 2.52. The van der Waals surface area contributed by atoms with Gasteiger partial charge in [0.2, 0.25) is 0 Å². The summed E-state index contributed by atoms with van der Waals surface area (Å²) in [5.41, 5.74) is 18.6. The van der Waals surface area contributed by atoms with E-state index < -0.39 is 0 Å². The van der Waals surface area contributed by atoms with Gasteiger partial charge in [0.1, 0.15) is 0 Å². The Morgan fingerprint density at radius 2 is 0.773 bits per heavy atom. The van der Waals surface area contributed by atoms with Gasteiger partial charge in [-0.15, -0.1) is 0 Å². The van der Waals surface area contributed by atoms with Crippen molar-refractivity contribution in [3.63, 3.8) is 0 Å². The maximum atomic E-state index is 4.66. The van der Waals surface area contributed by atoms with Crippen LogP contribution in [-0.2, 0) is 71.6 Å². The minimum absolute atomic E-state index is 0. The Morgan fingerprint density at radius 1 is 0.682 bits per heavy atom. The van der Waals surface area contributed by atoms with Crippen LogP contribution in [0.5, 0.6) is 0 Å². The first-order valence-electron chi connectivity index (χ1n) is 4.78. The van der Waals surface area contributed by atoms with Gasteiger partial charge in [0, 0.05) is 0 Å². The molecule has 0 aliphatic carbocycles. The molecular weight excluding hydrogens is 537 g/mol. The molecule has 0 saturated carbocycles. The normalized spacial score (nSPS) is 6.27. The molecule has 0 spiro atoms. The van der Waals surface area contributed by atoms with E-state index in [1.807, 2.05) is 11.8 Å². The van der Waals surface area contributed by atoms with Crippen molar-refractivity contribution in [3.05, 3.63) is 0 Å². The SMILES string of the molecule is CCSCC.NC(=S)[S-].NC(=S)[S-].NC(=S)[S-].NC(=S)[S-].[Mo+4]. The summed E-state index contributed by atoms with van der Waals surface area (Å²) in [5, 5.41) is 0. The first-order valence-corrected chi connectivity index (χ1v) is 9.20. The van der Waals surface area contributed by atoms with Gasteiger partial charge < -0.3 is 122 Å². The predicted octanol–water partition coefficient (Wildman–Crippen LogP) is 0.865. The Kier molecular flexibility index (Phi) is 67.4. The minimum Gasteiger partial charge on any atom is -0.415 e. The Bertz CT molecular complexity index is 212. The van der Waals surface area contributed by atoms with E-state index in [-0.39, 0.29) is 38.3 Å². The zero-order valence-corrected chi connectivity index (χ0v) is 21.2. The smallest absolute Gasteiger partial charge is 0.415 e. The second-order valence-electron chi connectivity index (χ2n) is 2.06. The van der Waals surface area contributed by atoms with E-state index >= 15 is 0 Å². The Hall–Kier alpha value is 1.48. The van der Waals surface area contributed by atoms with E-state index in [1.54, 1.807) is 0 Å². The van der Waals surface area contributed by atoms with Gasteiger partial charge in [0.15, 0.2) is 0 Å². The molecule has 0 amide bonds. The first kappa shape index (κ1) is 38.8. The van der Waals surface area contributed by atoms with Crippen LogP contribution >= 0.6 is 60.6 Å². The fourth-order valence-corrected chi connectivity index (χ4v) is 0.612. The molecule has 0 fully saturated rings. The molecule has 130 valence electrons. The number of thioether (sulfide) groups is 1. The average molecular weight is 555 g/mol. The van der Waals surface area contributed by atoms with Crippen molar-refractivity contribution in [2.45, 2.75) is 13.8 Å². The van der Waals surface area contributed by atoms with Crippen LogP contribution in [0.3, 0.4) is 0 Å². The van der Waals surface area contributed by atoms with Crippen LogP contribution in [0.25, 0.3) is 0 Å². The molecule has 4 nitrogen and oxygen atoms in total. The first-order chi connectivity index (χ1) is 9.34. The number of hydrogen-bond donors (Lipinski definition) is 4. The van der Waals surface area contributed by atoms with Crippen LogP contribution < -0.4 is 22.9 Å². The van der Waals surface area contributed by atoms with Gasteiger partial charge in [-0.25, -0.2) is 0 Å². The molecule has 0 aromatic heterocycles. The Balaban J connectivity index is -0.0000000361. The maximum absolute atomic E-state index is 4.66. The molecule has 0 rings (SSSR count). The van der Waals surface area contributed by atoms with Crippen molar-refractivity contribution in [1.82, 2.24) is 0 Å². The summed E-state index contributed by atoms with van der Waals surface area (Å²) >= 11 is 35.0. The van der Waals surface area contributed by atoms with Crippen LogP contribution in [-0.4, -0.2) is 28.8 Å². The summed E-state index contributed by atoms with van der Waals surface area (Å²) < 4.78 is 0.333. The van der Waals surface area contributed by atoms with Crippen molar-refractivity contribution >= 4 is 128 Å². The molecule has 0 aromatic rings. The largest absolute Gasteiger partial charge is 4.00 e. The van der Waals surface area contributed by atoms with E-state index in [9.17, 15) is 0 Å². The molecule has 8 N–H and O–H groups in total. The molecule has 0 radical (unpaired) electrons. The van der Waals surface area contributed by atoms with Crippen molar-refractivity contribution < 1.29 is 21.1 Å². The van der Waals surface area contributed by atoms with E-state index in [0.29, 0.717) is 0 Å². The van der Waals surface area contributed by atoms with Crippen molar-refractivity contribution in [2.24, 2.45) is 22.9 Å². The van der Waals surface area contributed by atoms with Crippen molar-refractivity contribution in [1.29, 1.82) is 0 Å². The molecule has 22 heavy (non-hydrogen) atoms. The van der Waals surface area contributed by atoms with Crippen LogP contribution in [0.4, 0.5) is 0 Å². The van der Waals surface area contributed by atoms with Gasteiger partial charge in [0.25, 0.3) is 0 Å². The monoisotopic (exact) mass is 556 g/mol. The molecule has 0 aliphatic rings. The number of hydrogen-bond acceptors (Lipinski definition) is 9. The number of thiocarbonyl (C=S) groups is 4. The molecule has 0 heterocycles. The van der Waals surface area contributed by atoms with Gasteiger partial charge in [-0.2, -0.15) is 11.8 Å². The standard InChI is InChI=1S/C4H10S.4CH3NS2.Mo/c1-3-5-4-2;4*2-1(3)4;/h3-4H2,1-2H3;4*(H3,2,3,4);/q;;;;;+4/p-4. The third-order valence-corrected chi connectivity index (χ3v) is 1.22. The zero-order chi connectivity index (χ0) is 18.4. The average Bonchev–Trinajstić information content (AvgIpc) is 2.14. The molecule has 0 atom stereocenters. The second kappa shape index (κ2) is 38.2. The molecule has 14 heteroatoms. The maximum Gasteiger partial charge on any atom is 4.00 e. The zero-order valence-electron chi connectivity index (χ0n) is 11.8. The van der Waals surface area contributed by atoms with Crippen LogP contribution in [0, 0.1) is 0 Å². The van der Waals surface area contributed by atoms with Crippen LogP contribution in [0.2, 0.25) is 0 Å². The van der Waals surface area contributed by atoms with Crippen molar-refractivity contribution in [2.75, 3.05) is 11.5 Å². The van der Waals surface area contributed by atoms with Crippen LogP contribution in [0.15, 0.2) is 0 Å². The summed E-state index contributed by atoms with van der Waals surface area (Å²) in [6, 6.07) is 0. The number of rotatable bonds is 2. The number of nitrogens with two attached hydrogens (primary N) is 4. The van der Waals surface area contributed by atoms with E-state index in [2.05, 4.69) is 136 Å². The molecular formula is C8H18MoN4S9. The Labute approximate surface area is 195 Å². The fourth-order valence-electron chi connectivity index (χ4n) is 0.204. The topological polar surface area (TPSA) is 104 Å². The Morgan fingerprint density at radius 3 is 0.773 bits per heavy atom. The molecule has 0 unspecified atom stereocenters. The van der Waals surface area contributed by atoms with Gasteiger partial charge in [0.05, 0.1) is 0 Å². The van der Waals surface area contributed by atoms with E-state index in [1.165, 1.54) is 11.5 Å². The van der Waals surface area contributed by atoms with Gasteiger partial charge in [-0.05, 0) is 11.5 Å². The molecule has 0 aliphatic heterocycles. The van der Waals surface area contributed by atoms with Crippen molar-refractivity contribution in [3.8, 4) is 0 Å². The van der Waals surface area contributed by atoms with Gasteiger partial charge >= 0.3 is 21.1 Å². The fraction of sp³-hybridized carbons (Fsp3) is 0.500. The van der Waals surface area contributed by atoms with E-state index in [4.69, 9.17) is 0 Å². The third kappa shape index (κ3) is 744. The van der Waals surface area contributed by atoms with E-state index in [0.717, 1.165) is 0 Å². The summed E-state index contributed by atoms with van der Waals surface area (Å²) in [7, 11) is 0. The third-order valence-electron chi connectivity index (χ3n) is 0.408. The molecule has 0 aromatic carbocycles. The predicted molar refractivity (Wildman–Crippen MR) is 125 cm³/mol. The molecule has 0 bridgehead atoms. The van der Waals surface area contributed by atoms with Gasteiger partial charge in [-0.3, -0.25) is 0 Å². The minimum atomic E-state index is 0. The van der Waals surface area contributed by atoms with Gasteiger partial charge in [-0.1, -0.05) is 31.1 Å².